The van der Waals surface area contributed by atoms with Crippen LogP contribution < -0.4 is 15.2 Å². The molecule has 0 heterocycles. The van der Waals surface area contributed by atoms with Gasteiger partial charge < -0.3 is 25.4 Å². The van der Waals surface area contributed by atoms with E-state index in [1.807, 2.05) is 30.3 Å². The van der Waals surface area contributed by atoms with Gasteiger partial charge in [-0.15, -0.1) is 0 Å². The lowest BCUT2D eigenvalue weighted by Crippen LogP contribution is -2.11. The van der Waals surface area contributed by atoms with Gasteiger partial charge in [-0.1, -0.05) is 30.3 Å². The van der Waals surface area contributed by atoms with E-state index in [-0.39, 0.29) is 13.2 Å². The summed E-state index contributed by atoms with van der Waals surface area (Å²) < 4.78 is 10.8. The number of anilines is 1. The fourth-order valence-electron chi connectivity index (χ4n) is 2.01. The molecule has 0 amide bonds. The molecule has 0 saturated heterocycles. The van der Waals surface area contributed by atoms with Crippen LogP contribution in [0.5, 0.6) is 11.5 Å². The second kappa shape index (κ2) is 6.97. The van der Waals surface area contributed by atoms with Crippen molar-refractivity contribution in [1.29, 1.82) is 0 Å². The molecular weight excluding hydrogens is 270 g/mol. The van der Waals surface area contributed by atoms with Gasteiger partial charge in [0.15, 0.2) is 11.5 Å². The van der Waals surface area contributed by atoms with Crippen molar-refractivity contribution in [2.45, 2.75) is 12.7 Å². The van der Waals surface area contributed by atoms with E-state index in [9.17, 15) is 5.11 Å². The summed E-state index contributed by atoms with van der Waals surface area (Å²) in [5.41, 5.74) is 7.67. The molecule has 112 valence electrons. The van der Waals surface area contributed by atoms with Crippen molar-refractivity contribution in [2.75, 3.05) is 19.5 Å². The second-order valence-corrected chi connectivity index (χ2v) is 4.61. The van der Waals surface area contributed by atoms with E-state index in [4.69, 9.17) is 20.3 Å². The van der Waals surface area contributed by atoms with Gasteiger partial charge in [-0.2, -0.15) is 0 Å². The standard InChI is InChI=1S/C16H19NO4/c1-20-15-8-11(9-18)7-13(17)16(15)21-10-14(19)12-5-3-2-4-6-12/h2-8,14,18-19H,9-10,17H2,1H3. The lowest BCUT2D eigenvalue weighted by molar-refractivity contribution is 0.107. The Labute approximate surface area is 123 Å². The zero-order valence-electron chi connectivity index (χ0n) is 11.8. The van der Waals surface area contributed by atoms with Gasteiger partial charge >= 0.3 is 0 Å². The van der Waals surface area contributed by atoms with Crippen LogP contribution in [0.3, 0.4) is 0 Å². The molecule has 4 N–H and O–H groups in total. The van der Waals surface area contributed by atoms with Gasteiger partial charge in [-0.25, -0.2) is 0 Å². The van der Waals surface area contributed by atoms with Crippen LogP contribution in [-0.2, 0) is 6.61 Å². The number of ether oxygens (including phenoxy) is 2. The maximum Gasteiger partial charge on any atom is 0.184 e. The van der Waals surface area contributed by atoms with Crippen molar-refractivity contribution in [1.82, 2.24) is 0 Å². The first-order valence-electron chi connectivity index (χ1n) is 6.58. The number of rotatable bonds is 6. The molecule has 0 spiro atoms. The van der Waals surface area contributed by atoms with Crippen molar-refractivity contribution in [3.8, 4) is 11.5 Å². The molecule has 0 aliphatic carbocycles. The summed E-state index contributed by atoms with van der Waals surface area (Å²) in [5, 5.41) is 19.2. The highest BCUT2D eigenvalue weighted by molar-refractivity contribution is 5.62. The third-order valence-electron chi connectivity index (χ3n) is 3.12. The Morgan fingerprint density at radius 2 is 1.90 bits per heavy atom. The molecule has 0 aliphatic heterocycles. The van der Waals surface area contributed by atoms with Crippen molar-refractivity contribution < 1.29 is 19.7 Å². The van der Waals surface area contributed by atoms with E-state index in [1.165, 1.54) is 7.11 Å². The number of aliphatic hydroxyl groups excluding tert-OH is 2. The molecule has 0 saturated carbocycles. The number of methoxy groups -OCH3 is 1. The predicted molar refractivity (Wildman–Crippen MR) is 80.2 cm³/mol. The van der Waals surface area contributed by atoms with Gasteiger partial charge in [0.25, 0.3) is 0 Å². The van der Waals surface area contributed by atoms with Crippen LogP contribution in [0.2, 0.25) is 0 Å². The van der Waals surface area contributed by atoms with Gasteiger partial charge in [-0.3, -0.25) is 0 Å². The molecule has 21 heavy (non-hydrogen) atoms. The third kappa shape index (κ3) is 3.65. The number of nitrogens with two attached hydrogens (primary N) is 1. The Balaban J connectivity index is 2.13. The van der Waals surface area contributed by atoms with Crippen molar-refractivity contribution in [3.05, 3.63) is 53.6 Å². The lowest BCUT2D eigenvalue weighted by Gasteiger charge is -2.17. The molecule has 2 aromatic rings. The monoisotopic (exact) mass is 289 g/mol. The van der Waals surface area contributed by atoms with Gasteiger partial charge in [0.1, 0.15) is 12.7 Å². The number of hydrogen-bond donors (Lipinski definition) is 3. The minimum absolute atomic E-state index is 0.0586. The van der Waals surface area contributed by atoms with Gasteiger partial charge in [0.2, 0.25) is 0 Å². The Kier molecular flexibility index (Phi) is 5.03. The molecule has 5 nitrogen and oxygen atoms in total. The minimum Gasteiger partial charge on any atom is -0.493 e. The minimum atomic E-state index is -0.757. The molecule has 0 bridgehead atoms. The Morgan fingerprint density at radius 1 is 1.19 bits per heavy atom. The van der Waals surface area contributed by atoms with E-state index >= 15 is 0 Å². The SMILES string of the molecule is COc1cc(CO)cc(N)c1OCC(O)c1ccccc1. The maximum atomic E-state index is 10.1. The average Bonchev–Trinajstić information content (AvgIpc) is 2.53. The highest BCUT2D eigenvalue weighted by atomic mass is 16.5. The normalized spacial score (nSPS) is 12.0. The van der Waals surface area contributed by atoms with Gasteiger partial charge in [0.05, 0.1) is 19.4 Å². The molecule has 1 atom stereocenters. The quantitative estimate of drug-likeness (QED) is 0.707. The number of hydrogen-bond acceptors (Lipinski definition) is 5. The van der Waals surface area contributed by atoms with E-state index < -0.39 is 6.10 Å². The summed E-state index contributed by atoms with van der Waals surface area (Å²) in [6, 6.07) is 12.5. The summed E-state index contributed by atoms with van der Waals surface area (Å²) in [5.74, 6) is 0.795. The molecule has 2 aromatic carbocycles. The van der Waals surface area contributed by atoms with E-state index in [0.29, 0.717) is 22.7 Å². The first kappa shape index (κ1) is 15.2. The summed E-state index contributed by atoms with van der Waals surface area (Å²) in [6.07, 6.45) is -0.757. The van der Waals surface area contributed by atoms with Crippen LogP contribution in [0, 0.1) is 0 Å². The zero-order chi connectivity index (χ0) is 15.2. The van der Waals surface area contributed by atoms with Crippen LogP contribution in [0.1, 0.15) is 17.2 Å². The van der Waals surface area contributed by atoms with Crippen LogP contribution >= 0.6 is 0 Å². The first-order chi connectivity index (χ1) is 10.2. The lowest BCUT2D eigenvalue weighted by atomic mass is 10.1. The highest BCUT2D eigenvalue weighted by Crippen LogP contribution is 2.35. The summed E-state index contributed by atoms with van der Waals surface area (Å²) in [4.78, 5) is 0. The van der Waals surface area contributed by atoms with Gasteiger partial charge in [-0.05, 0) is 23.3 Å². The molecule has 5 heteroatoms. The van der Waals surface area contributed by atoms with Crippen LogP contribution in [0.15, 0.2) is 42.5 Å². The molecule has 2 rings (SSSR count). The summed E-state index contributed by atoms with van der Waals surface area (Å²) in [7, 11) is 1.50. The van der Waals surface area contributed by atoms with Crippen molar-refractivity contribution in [2.24, 2.45) is 0 Å². The van der Waals surface area contributed by atoms with Crippen molar-refractivity contribution >= 4 is 5.69 Å². The number of benzene rings is 2. The third-order valence-corrected chi connectivity index (χ3v) is 3.12. The number of nitrogen functional groups attached to an aromatic ring is 1. The maximum absolute atomic E-state index is 10.1. The molecular formula is C16H19NO4. The molecule has 1 unspecified atom stereocenters. The number of aliphatic hydroxyl groups is 2. The largest absolute Gasteiger partial charge is 0.493 e. The van der Waals surface area contributed by atoms with Crippen LogP contribution in [0.4, 0.5) is 5.69 Å². The Bertz CT molecular complexity index is 586. The fraction of sp³-hybridized carbons (Fsp3) is 0.250. The zero-order valence-corrected chi connectivity index (χ0v) is 11.8. The average molecular weight is 289 g/mol. The molecule has 0 radical (unpaired) electrons. The highest BCUT2D eigenvalue weighted by Gasteiger charge is 2.14. The molecule has 0 aliphatic rings. The second-order valence-electron chi connectivity index (χ2n) is 4.61. The van der Waals surface area contributed by atoms with E-state index in [2.05, 4.69) is 0 Å². The fourth-order valence-corrected chi connectivity index (χ4v) is 2.01. The van der Waals surface area contributed by atoms with Crippen molar-refractivity contribution in [3.63, 3.8) is 0 Å². The summed E-state index contributed by atoms with van der Waals surface area (Å²) >= 11 is 0. The molecule has 0 aromatic heterocycles. The van der Waals surface area contributed by atoms with Crippen LogP contribution in [-0.4, -0.2) is 23.9 Å². The topological polar surface area (TPSA) is 84.9 Å². The Morgan fingerprint density at radius 3 is 2.52 bits per heavy atom. The Hall–Kier alpha value is -2.24. The van der Waals surface area contributed by atoms with Crippen LogP contribution in [0.25, 0.3) is 0 Å². The predicted octanol–water partition coefficient (Wildman–Crippen LogP) is 1.88. The van der Waals surface area contributed by atoms with Gasteiger partial charge in [0, 0.05) is 0 Å². The molecule has 0 fully saturated rings. The summed E-state index contributed by atoms with van der Waals surface area (Å²) in [6.45, 7) is -0.0729. The van der Waals surface area contributed by atoms with E-state index in [1.54, 1.807) is 12.1 Å². The first-order valence-corrected chi connectivity index (χ1v) is 6.58. The smallest absolute Gasteiger partial charge is 0.184 e. The van der Waals surface area contributed by atoms with E-state index in [0.717, 1.165) is 5.56 Å².